The summed E-state index contributed by atoms with van der Waals surface area (Å²) in [6, 6.07) is 10.1. The fraction of sp³-hybridized carbons (Fsp3) is 0.278. The summed E-state index contributed by atoms with van der Waals surface area (Å²) in [5, 5.41) is 0.566. The number of likely N-dealkylation sites (tertiary alicyclic amines) is 1. The predicted molar refractivity (Wildman–Crippen MR) is 108 cm³/mol. The Morgan fingerprint density at radius 1 is 1.11 bits per heavy atom. The second-order valence-electron chi connectivity index (χ2n) is 6.14. The first kappa shape index (κ1) is 19.9. The van der Waals surface area contributed by atoms with Crippen molar-refractivity contribution in [2.45, 2.75) is 12.8 Å². The zero-order valence-electron chi connectivity index (χ0n) is 14.2. The zero-order chi connectivity index (χ0) is 19.4. The van der Waals surface area contributed by atoms with Crippen LogP contribution in [0.15, 0.2) is 40.2 Å². The Labute approximate surface area is 174 Å². The van der Waals surface area contributed by atoms with E-state index in [0.717, 1.165) is 10.2 Å². The SMILES string of the molecule is O=C(NNC(=O)C1CCCN(C(=O)c2ccc(Cl)cc2)C1)c1ccc(Br)s1. The molecule has 1 aromatic carbocycles. The first-order valence-electron chi connectivity index (χ1n) is 8.34. The molecular formula is C18H17BrClN3O3S. The largest absolute Gasteiger partial charge is 0.338 e. The molecule has 9 heteroatoms. The van der Waals surface area contributed by atoms with Gasteiger partial charge >= 0.3 is 0 Å². The molecule has 0 bridgehead atoms. The molecule has 0 radical (unpaired) electrons. The van der Waals surface area contributed by atoms with Crippen LogP contribution in [0.5, 0.6) is 0 Å². The van der Waals surface area contributed by atoms with Crippen molar-refractivity contribution >= 4 is 56.6 Å². The number of hydrogen-bond donors (Lipinski definition) is 2. The van der Waals surface area contributed by atoms with Crippen molar-refractivity contribution in [2.24, 2.45) is 5.92 Å². The van der Waals surface area contributed by atoms with Gasteiger partial charge in [0.2, 0.25) is 5.91 Å². The minimum atomic E-state index is -0.371. The highest BCUT2D eigenvalue weighted by Crippen LogP contribution is 2.22. The highest BCUT2D eigenvalue weighted by atomic mass is 79.9. The lowest BCUT2D eigenvalue weighted by Gasteiger charge is -2.32. The lowest BCUT2D eigenvalue weighted by atomic mass is 9.96. The van der Waals surface area contributed by atoms with Gasteiger partial charge in [-0.15, -0.1) is 11.3 Å². The summed E-state index contributed by atoms with van der Waals surface area (Å²) < 4.78 is 0.836. The van der Waals surface area contributed by atoms with Crippen LogP contribution >= 0.6 is 38.9 Å². The number of nitrogens with zero attached hydrogens (tertiary/aromatic N) is 1. The number of piperidine rings is 1. The van der Waals surface area contributed by atoms with Gasteiger partial charge in [0.25, 0.3) is 11.8 Å². The number of nitrogens with one attached hydrogen (secondary N) is 2. The van der Waals surface area contributed by atoms with Gasteiger partial charge in [0.15, 0.2) is 0 Å². The van der Waals surface area contributed by atoms with E-state index in [1.165, 1.54) is 11.3 Å². The van der Waals surface area contributed by atoms with E-state index in [1.807, 2.05) is 0 Å². The normalized spacial score (nSPS) is 16.7. The summed E-state index contributed by atoms with van der Waals surface area (Å²) in [5.41, 5.74) is 5.43. The molecular weight excluding hydrogens is 454 g/mol. The Morgan fingerprint density at radius 3 is 2.52 bits per heavy atom. The Balaban J connectivity index is 1.55. The van der Waals surface area contributed by atoms with E-state index < -0.39 is 0 Å². The number of rotatable bonds is 3. The molecule has 2 aromatic rings. The van der Waals surface area contributed by atoms with Crippen LogP contribution < -0.4 is 10.9 Å². The van der Waals surface area contributed by atoms with Crippen molar-refractivity contribution < 1.29 is 14.4 Å². The van der Waals surface area contributed by atoms with Crippen molar-refractivity contribution in [3.05, 3.63) is 55.6 Å². The minimum Gasteiger partial charge on any atom is -0.338 e. The molecule has 1 aromatic heterocycles. The zero-order valence-corrected chi connectivity index (χ0v) is 17.4. The molecule has 3 amide bonds. The van der Waals surface area contributed by atoms with E-state index in [9.17, 15) is 14.4 Å². The van der Waals surface area contributed by atoms with Gasteiger partial charge in [0.1, 0.15) is 0 Å². The van der Waals surface area contributed by atoms with Gasteiger partial charge in [0, 0.05) is 23.7 Å². The summed E-state index contributed by atoms with van der Waals surface area (Å²) >= 11 is 10.4. The van der Waals surface area contributed by atoms with Crippen LogP contribution in [0.3, 0.4) is 0 Å². The van der Waals surface area contributed by atoms with Crippen LogP contribution in [0.4, 0.5) is 0 Å². The molecule has 1 unspecified atom stereocenters. The molecule has 1 aliphatic rings. The van der Waals surface area contributed by atoms with Gasteiger partial charge in [-0.2, -0.15) is 0 Å². The number of halogens is 2. The van der Waals surface area contributed by atoms with Crippen LogP contribution in [0, 0.1) is 5.92 Å². The Kier molecular flexibility index (Phi) is 6.51. The monoisotopic (exact) mass is 469 g/mol. The number of carbonyl (C=O) groups is 3. The smallest absolute Gasteiger partial charge is 0.279 e. The number of hydrazine groups is 1. The van der Waals surface area contributed by atoms with Crippen molar-refractivity contribution in [1.82, 2.24) is 15.8 Å². The number of hydrogen-bond acceptors (Lipinski definition) is 4. The van der Waals surface area contributed by atoms with Crippen molar-refractivity contribution in [1.29, 1.82) is 0 Å². The Morgan fingerprint density at radius 2 is 1.85 bits per heavy atom. The molecule has 2 heterocycles. The van der Waals surface area contributed by atoms with Crippen molar-refractivity contribution in [2.75, 3.05) is 13.1 Å². The molecule has 1 atom stereocenters. The number of thiophene rings is 1. The summed E-state index contributed by atoms with van der Waals surface area (Å²) in [6.07, 6.45) is 1.39. The standard InChI is InChI=1S/C18H17BrClN3O3S/c19-15-8-7-14(27-15)17(25)22-21-16(24)12-2-1-9-23(10-12)18(26)11-3-5-13(20)6-4-11/h3-8,12H,1-2,9-10H2,(H,21,24)(H,22,25). The molecule has 3 rings (SSSR count). The summed E-state index contributed by atoms with van der Waals surface area (Å²) in [5.74, 6) is -1.17. The Bertz CT molecular complexity index is 856. The third-order valence-corrected chi connectivity index (χ3v) is 6.14. The Hall–Kier alpha value is -1.90. The van der Waals surface area contributed by atoms with Crippen LogP contribution in [-0.4, -0.2) is 35.7 Å². The lowest BCUT2D eigenvalue weighted by Crippen LogP contribution is -2.49. The van der Waals surface area contributed by atoms with E-state index in [4.69, 9.17) is 11.6 Å². The maximum atomic E-state index is 12.6. The maximum Gasteiger partial charge on any atom is 0.279 e. The first-order valence-corrected chi connectivity index (χ1v) is 10.3. The van der Waals surface area contributed by atoms with E-state index in [-0.39, 0.29) is 23.6 Å². The van der Waals surface area contributed by atoms with E-state index in [2.05, 4.69) is 26.8 Å². The first-order chi connectivity index (χ1) is 12.9. The number of amides is 3. The molecule has 0 spiro atoms. The molecule has 27 heavy (non-hydrogen) atoms. The topological polar surface area (TPSA) is 78.5 Å². The lowest BCUT2D eigenvalue weighted by molar-refractivity contribution is -0.127. The van der Waals surface area contributed by atoms with Gasteiger partial charge in [-0.25, -0.2) is 0 Å². The second-order valence-corrected chi connectivity index (χ2v) is 9.04. The third kappa shape index (κ3) is 5.09. The average Bonchev–Trinajstić information content (AvgIpc) is 3.12. The maximum absolute atomic E-state index is 12.6. The predicted octanol–water partition coefficient (Wildman–Crippen LogP) is 3.48. The highest BCUT2D eigenvalue weighted by molar-refractivity contribution is 9.11. The van der Waals surface area contributed by atoms with Gasteiger partial charge in [-0.1, -0.05) is 11.6 Å². The molecule has 2 N–H and O–H groups in total. The van der Waals surface area contributed by atoms with Gasteiger partial charge < -0.3 is 4.90 Å². The summed E-state index contributed by atoms with van der Waals surface area (Å²) in [6.45, 7) is 0.911. The minimum absolute atomic E-state index is 0.128. The van der Waals surface area contributed by atoms with Crippen molar-refractivity contribution in [3.63, 3.8) is 0 Å². The van der Waals surface area contributed by atoms with Gasteiger partial charge in [-0.3, -0.25) is 25.2 Å². The van der Waals surface area contributed by atoms with E-state index in [1.54, 1.807) is 41.3 Å². The summed E-state index contributed by atoms with van der Waals surface area (Å²) in [7, 11) is 0. The second kappa shape index (κ2) is 8.86. The number of benzene rings is 1. The third-order valence-electron chi connectivity index (χ3n) is 4.27. The fourth-order valence-electron chi connectivity index (χ4n) is 2.87. The van der Waals surface area contributed by atoms with Gasteiger partial charge in [-0.05, 0) is 65.2 Å². The van der Waals surface area contributed by atoms with Crippen LogP contribution in [-0.2, 0) is 4.79 Å². The quantitative estimate of drug-likeness (QED) is 0.674. The van der Waals surface area contributed by atoms with Crippen LogP contribution in [0.1, 0.15) is 32.9 Å². The van der Waals surface area contributed by atoms with Crippen molar-refractivity contribution in [3.8, 4) is 0 Å². The number of carbonyl (C=O) groups excluding carboxylic acids is 3. The average molecular weight is 471 g/mol. The molecule has 1 saturated heterocycles. The van der Waals surface area contributed by atoms with Crippen LogP contribution in [0.25, 0.3) is 0 Å². The van der Waals surface area contributed by atoms with Crippen LogP contribution in [0.2, 0.25) is 5.02 Å². The molecule has 0 saturated carbocycles. The molecule has 1 fully saturated rings. The van der Waals surface area contributed by atoms with E-state index in [0.29, 0.717) is 35.0 Å². The fourth-order valence-corrected chi connectivity index (χ4v) is 4.28. The van der Waals surface area contributed by atoms with E-state index >= 15 is 0 Å². The highest BCUT2D eigenvalue weighted by Gasteiger charge is 2.29. The molecule has 0 aliphatic carbocycles. The molecule has 6 nitrogen and oxygen atoms in total. The summed E-state index contributed by atoms with van der Waals surface area (Å²) in [4.78, 5) is 39.2. The molecule has 1 aliphatic heterocycles. The molecule has 142 valence electrons. The van der Waals surface area contributed by atoms with Gasteiger partial charge in [0.05, 0.1) is 14.6 Å².